The SMILES string of the molecule is CCN(CC(=O)Nc1c(F)cccc1F)C(=O)c1cc2c(C)nn(-c3ccc(F)cc3)c2s1. The van der Waals surface area contributed by atoms with E-state index in [0.717, 1.165) is 17.5 Å². The molecule has 0 aliphatic rings. The average Bonchev–Trinajstić information content (AvgIpc) is 3.35. The molecule has 33 heavy (non-hydrogen) atoms. The van der Waals surface area contributed by atoms with Gasteiger partial charge >= 0.3 is 0 Å². The highest BCUT2D eigenvalue weighted by molar-refractivity contribution is 7.20. The number of carbonyl (C=O) groups excluding carboxylic acids is 2. The van der Waals surface area contributed by atoms with Crippen molar-refractivity contribution < 1.29 is 22.8 Å². The van der Waals surface area contributed by atoms with Crippen LogP contribution in [0.1, 0.15) is 22.3 Å². The summed E-state index contributed by atoms with van der Waals surface area (Å²) in [5, 5.41) is 7.43. The first kappa shape index (κ1) is 22.5. The molecule has 0 fully saturated rings. The molecule has 0 atom stereocenters. The van der Waals surface area contributed by atoms with Gasteiger partial charge in [0.15, 0.2) is 0 Å². The topological polar surface area (TPSA) is 67.2 Å². The Morgan fingerprint density at radius 3 is 2.39 bits per heavy atom. The Hall–Kier alpha value is -3.66. The van der Waals surface area contributed by atoms with Gasteiger partial charge in [-0.1, -0.05) is 6.07 Å². The number of thiophene rings is 1. The van der Waals surface area contributed by atoms with E-state index in [-0.39, 0.29) is 18.9 Å². The number of aryl methyl sites for hydroxylation is 1. The van der Waals surface area contributed by atoms with E-state index in [4.69, 9.17) is 0 Å². The van der Waals surface area contributed by atoms with E-state index >= 15 is 0 Å². The summed E-state index contributed by atoms with van der Waals surface area (Å²) in [6, 6.07) is 10.8. The Morgan fingerprint density at radius 1 is 1.09 bits per heavy atom. The van der Waals surface area contributed by atoms with Crippen molar-refractivity contribution in [3.05, 3.63) is 76.6 Å². The summed E-state index contributed by atoms with van der Waals surface area (Å²) in [6.07, 6.45) is 0. The smallest absolute Gasteiger partial charge is 0.264 e. The predicted octanol–water partition coefficient (Wildman–Crippen LogP) is 4.91. The maximum Gasteiger partial charge on any atom is 0.264 e. The highest BCUT2D eigenvalue weighted by Crippen LogP contribution is 2.31. The Balaban J connectivity index is 1.57. The van der Waals surface area contributed by atoms with Crippen molar-refractivity contribution in [2.45, 2.75) is 13.8 Å². The summed E-state index contributed by atoms with van der Waals surface area (Å²) in [6.45, 7) is 3.34. The third-order valence-corrected chi connectivity index (χ3v) is 6.16. The second kappa shape index (κ2) is 9.07. The molecule has 170 valence electrons. The number of likely N-dealkylation sites (N-methyl/N-ethyl adjacent to an activating group) is 1. The fourth-order valence-corrected chi connectivity index (χ4v) is 4.51. The number of carbonyl (C=O) groups is 2. The fraction of sp³-hybridized carbons (Fsp3) is 0.174. The molecular formula is C23H19F3N4O2S. The summed E-state index contributed by atoms with van der Waals surface area (Å²) >= 11 is 1.20. The van der Waals surface area contributed by atoms with Crippen molar-refractivity contribution in [3.8, 4) is 5.69 Å². The van der Waals surface area contributed by atoms with Gasteiger partial charge in [0, 0.05) is 11.9 Å². The van der Waals surface area contributed by atoms with Crippen LogP contribution in [0.15, 0.2) is 48.5 Å². The number of hydrogen-bond acceptors (Lipinski definition) is 4. The molecule has 0 unspecified atom stereocenters. The lowest BCUT2D eigenvalue weighted by Gasteiger charge is -2.19. The normalized spacial score (nSPS) is 11.1. The molecule has 2 aromatic carbocycles. The maximum atomic E-state index is 13.8. The van der Waals surface area contributed by atoms with Crippen LogP contribution < -0.4 is 5.32 Å². The number of halogens is 3. The van der Waals surface area contributed by atoms with Gasteiger partial charge in [0.2, 0.25) is 5.91 Å². The summed E-state index contributed by atoms with van der Waals surface area (Å²) in [5.41, 5.74) is 0.789. The number of fused-ring (bicyclic) bond motifs is 1. The van der Waals surface area contributed by atoms with Crippen molar-refractivity contribution in [1.82, 2.24) is 14.7 Å². The number of nitrogens with zero attached hydrogens (tertiary/aromatic N) is 3. The van der Waals surface area contributed by atoms with Crippen LogP contribution in [0.5, 0.6) is 0 Å². The highest BCUT2D eigenvalue weighted by Gasteiger charge is 2.23. The second-order valence-corrected chi connectivity index (χ2v) is 8.30. The first-order valence-electron chi connectivity index (χ1n) is 10.1. The van der Waals surface area contributed by atoms with Crippen LogP contribution >= 0.6 is 11.3 Å². The van der Waals surface area contributed by atoms with Crippen LogP contribution in [-0.2, 0) is 4.79 Å². The van der Waals surface area contributed by atoms with Crippen molar-refractivity contribution >= 4 is 39.1 Å². The van der Waals surface area contributed by atoms with Crippen LogP contribution in [0.4, 0.5) is 18.9 Å². The van der Waals surface area contributed by atoms with Crippen LogP contribution in [0.3, 0.4) is 0 Å². The van der Waals surface area contributed by atoms with Crippen LogP contribution in [0.2, 0.25) is 0 Å². The first-order valence-corrected chi connectivity index (χ1v) is 10.9. The number of para-hydroxylation sites is 1. The van der Waals surface area contributed by atoms with E-state index in [0.29, 0.717) is 21.1 Å². The van der Waals surface area contributed by atoms with Gasteiger partial charge in [0.25, 0.3) is 5.91 Å². The molecule has 0 bridgehead atoms. The minimum absolute atomic E-state index is 0.212. The van der Waals surface area contributed by atoms with E-state index in [1.165, 1.54) is 34.4 Å². The molecule has 10 heteroatoms. The molecule has 0 saturated heterocycles. The summed E-state index contributed by atoms with van der Waals surface area (Å²) in [4.78, 5) is 27.9. The summed E-state index contributed by atoms with van der Waals surface area (Å²) in [5.74, 6) is -3.28. The molecule has 2 heterocycles. The van der Waals surface area contributed by atoms with E-state index in [2.05, 4.69) is 10.4 Å². The zero-order valence-electron chi connectivity index (χ0n) is 17.7. The van der Waals surface area contributed by atoms with Crippen molar-refractivity contribution in [2.24, 2.45) is 0 Å². The Bertz CT molecular complexity index is 1330. The summed E-state index contributed by atoms with van der Waals surface area (Å²) in [7, 11) is 0. The second-order valence-electron chi connectivity index (χ2n) is 7.27. The Labute approximate surface area is 191 Å². The van der Waals surface area contributed by atoms with E-state index in [9.17, 15) is 22.8 Å². The molecule has 2 aromatic heterocycles. The lowest BCUT2D eigenvalue weighted by atomic mass is 10.2. The van der Waals surface area contributed by atoms with Crippen molar-refractivity contribution in [1.29, 1.82) is 0 Å². The lowest BCUT2D eigenvalue weighted by molar-refractivity contribution is -0.116. The number of aromatic nitrogens is 2. The number of amides is 2. The summed E-state index contributed by atoms with van der Waals surface area (Å²) < 4.78 is 42.6. The zero-order chi connectivity index (χ0) is 23.7. The third kappa shape index (κ3) is 4.47. The molecule has 6 nitrogen and oxygen atoms in total. The van der Waals surface area contributed by atoms with Gasteiger partial charge in [0.1, 0.15) is 34.5 Å². The molecule has 0 saturated carbocycles. The molecule has 0 spiro atoms. The number of benzene rings is 2. The average molecular weight is 472 g/mol. The molecular weight excluding hydrogens is 453 g/mol. The number of hydrogen-bond donors (Lipinski definition) is 1. The Morgan fingerprint density at radius 2 is 1.76 bits per heavy atom. The van der Waals surface area contributed by atoms with Gasteiger partial charge in [-0.25, -0.2) is 17.9 Å². The largest absolute Gasteiger partial charge is 0.329 e. The van der Waals surface area contributed by atoms with Gasteiger partial charge in [-0.05, 0) is 56.3 Å². The quantitative estimate of drug-likeness (QED) is 0.434. The van der Waals surface area contributed by atoms with Gasteiger partial charge in [-0.2, -0.15) is 5.10 Å². The molecule has 0 aliphatic heterocycles. The highest BCUT2D eigenvalue weighted by atomic mass is 32.1. The van der Waals surface area contributed by atoms with E-state index in [1.807, 2.05) is 0 Å². The van der Waals surface area contributed by atoms with E-state index < -0.39 is 29.1 Å². The molecule has 0 radical (unpaired) electrons. The predicted molar refractivity (Wildman–Crippen MR) is 120 cm³/mol. The van der Waals surface area contributed by atoms with Gasteiger partial charge in [-0.3, -0.25) is 9.59 Å². The molecule has 2 amide bonds. The van der Waals surface area contributed by atoms with Gasteiger partial charge in [-0.15, -0.1) is 11.3 Å². The molecule has 1 N–H and O–H groups in total. The van der Waals surface area contributed by atoms with Crippen molar-refractivity contribution in [2.75, 3.05) is 18.4 Å². The third-order valence-electron chi connectivity index (χ3n) is 5.06. The van der Waals surface area contributed by atoms with Crippen molar-refractivity contribution in [3.63, 3.8) is 0 Å². The first-order chi connectivity index (χ1) is 15.8. The molecule has 0 aliphatic carbocycles. The lowest BCUT2D eigenvalue weighted by Crippen LogP contribution is -2.37. The molecule has 4 rings (SSSR count). The number of nitrogens with one attached hydrogen (secondary N) is 1. The number of anilines is 1. The van der Waals surface area contributed by atoms with Crippen LogP contribution in [-0.4, -0.2) is 39.6 Å². The monoisotopic (exact) mass is 472 g/mol. The number of rotatable bonds is 6. The minimum atomic E-state index is -0.900. The Kier molecular flexibility index (Phi) is 6.19. The zero-order valence-corrected chi connectivity index (χ0v) is 18.5. The van der Waals surface area contributed by atoms with E-state index in [1.54, 1.807) is 36.7 Å². The maximum absolute atomic E-state index is 13.8. The van der Waals surface area contributed by atoms with Crippen LogP contribution in [0, 0.1) is 24.4 Å². The molecule has 4 aromatic rings. The fourth-order valence-electron chi connectivity index (χ4n) is 3.36. The van der Waals surface area contributed by atoms with Gasteiger partial charge in [0.05, 0.1) is 16.3 Å². The minimum Gasteiger partial charge on any atom is -0.329 e. The van der Waals surface area contributed by atoms with Gasteiger partial charge < -0.3 is 10.2 Å². The standard InChI is InChI=1S/C23H19F3N4O2S/c1-3-29(12-20(31)27-21-17(25)5-4-6-18(21)26)22(32)19-11-16-13(2)28-30(23(16)33-19)15-9-7-14(24)8-10-15/h4-11H,3,12H2,1-2H3,(H,27,31). The van der Waals surface area contributed by atoms with Crippen LogP contribution in [0.25, 0.3) is 15.9 Å².